The number of aromatic nitrogens is 2. The molecule has 0 radical (unpaired) electrons. The molecule has 3 aromatic carbocycles. The monoisotopic (exact) mass is 510 g/mol. The van der Waals surface area contributed by atoms with Crippen molar-refractivity contribution in [3.8, 4) is 22.6 Å². The number of halogens is 1. The van der Waals surface area contributed by atoms with Crippen LogP contribution >= 0.6 is 11.6 Å². The molecule has 2 amide bonds. The van der Waals surface area contributed by atoms with Gasteiger partial charge >= 0.3 is 0 Å². The third-order valence-electron chi connectivity index (χ3n) is 7.12. The lowest BCUT2D eigenvalue weighted by molar-refractivity contribution is 0.0988. The Morgan fingerprint density at radius 1 is 1.08 bits per heavy atom. The summed E-state index contributed by atoms with van der Waals surface area (Å²) < 4.78 is 11.1. The lowest BCUT2D eigenvalue weighted by Gasteiger charge is -2.21. The summed E-state index contributed by atoms with van der Waals surface area (Å²) in [5.41, 5.74) is 12.0. The molecule has 0 saturated heterocycles. The maximum absolute atomic E-state index is 13.3. The molecule has 37 heavy (non-hydrogen) atoms. The molecule has 8 nitrogen and oxygen atoms in total. The Labute approximate surface area is 215 Å². The highest BCUT2D eigenvalue weighted by atomic mass is 35.5. The Hall–Kier alpha value is -4.56. The van der Waals surface area contributed by atoms with Crippen molar-refractivity contribution < 1.29 is 19.1 Å². The van der Waals surface area contributed by atoms with Gasteiger partial charge in [-0.2, -0.15) is 0 Å². The van der Waals surface area contributed by atoms with Gasteiger partial charge in [-0.05, 0) is 47.9 Å². The number of anilines is 1. The van der Waals surface area contributed by atoms with Gasteiger partial charge in [0, 0.05) is 44.9 Å². The summed E-state index contributed by atoms with van der Waals surface area (Å²) in [5, 5.41) is 2.17. The van der Waals surface area contributed by atoms with E-state index in [4.69, 9.17) is 26.8 Å². The van der Waals surface area contributed by atoms with Crippen molar-refractivity contribution in [1.82, 2.24) is 9.97 Å². The predicted octanol–water partition coefficient (Wildman–Crippen LogP) is 5.33. The molecular weight excluding hydrogens is 492 g/mol. The number of nitrogens with one attached hydrogen (secondary N) is 1. The van der Waals surface area contributed by atoms with E-state index in [2.05, 4.69) is 9.97 Å². The van der Waals surface area contributed by atoms with Crippen molar-refractivity contribution in [3.05, 3.63) is 82.1 Å². The highest BCUT2D eigenvalue weighted by molar-refractivity contribution is 6.31. The number of pyridine rings is 1. The average Bonchev–Trinajstić information content (AvgIpc) is 3.58. The summed E-state index contributed by atoms with van der Waals surface area (Å²) >= 11 is 6.15. The minimum Gasteiger partial charge on any atom is -0.454 e. The molecule has 182 valence electrons. The first-order valence-corrected chi connectivity index (χ1v) is 12.0. The van der Waals surface area contributed by atoms with Crippen molar-refractivity contribution >= 4 is 50.9 Å². The zero-order chi connectivity index (χ0) is 25.4. The standard InChI is InChI=1S/C28H19ClN4O4/c1-13-16(3-2-4-21(13)33-11-14-5-6-15(29)7-17(14)28(33)35)19-10-31-26(27(30)34)25-24(19)18-8-22-23(37-12-36-22)9-20(18)32-25/h2-10,32H,11-12H2,1H3,(H2,30,34). The maximum atomic E-state index is 13.3. The van der Waals surface area contributed by atoms with E-state index in [1.165, 1.54) is 0 Å². The van der Waals surface area contributed by atoms with E-state index in [0.29, 0.717) is 34.1 Å². The number of nitrogens with zero attached hydrogens (tertiary/aromatic N) is 2. The van der Waals surface area contributed by atoms with Crippen LogP contribution in [-0.4, -0.2) is 28.6 Å². The van der Waals surface area contributed by atoms with Crippen LogP contribution in [0.5, 0.6) is 11.5 Å². The van der Waals surface area contributed by atoms with E-state index in [1.54, 1.807) is 23.2 Å². The van der Waals surface area contributed by atoms with Crippen LogP contribution in [0.3, 0.4) is 0 Å². The Bertz CT molecular complexity index is 1830. The molecule has 2 aromatic heterocycles. The molecule has 2 aliphatic rings. The lowest BCUT2D eigenvalue weighted by atomic mass is 9.95. The second-order valence-electron chi connectivity index (χ2n) is 9.15. The van der Waals surface area contributed by atoms with Crippen LogP contribution in [0.15, 0.2) is 54.7 Å². The van der Waals surface area contributed by atoms with Crippen molar-refractivity contribution in [2.24, 2.45) is 5.73 Å². The van der Waals surface area contributed by atoms with Crippen LogP contribution in [-0.2, 0) is 6.54 Å². The smallest absolute Gasteiger partial charge is 0.269 e. The van der Waals surface area contributed by atoms with Gasteiger partial charge in [0.05, 0.1) is 17.6 Å². The van der Waals surface area contributed by atoms with E-state index >= 15 is 0 Å². The fourth-order valence-corrected chi connectivity index (χ4v) is 5.54. The minimum absolute atomic E-state index is 0.0927. The van der Waals surface area contributed by atoms with Gasteiger partial charge < -0.3 is 25.1 Å². The van der Waals surface area contributed by atoms with Crippen molar-refractivity contribution in [2.75, 3.05) is 11.7 Å². The number of carbonyl (C=O) groups excluding carboxylic acids is 2. The first-order chi connectivity index (χ1) is 17.9. The summed E-state index contributed by atoms with van der Waals surface area (Å²) in [5.74, 6) is 0.526. The van der Waals surface area contributed by atoms with Crippen LogP contribution in [0.1, 0.15) is 32.0 Å². The number of benzene rings is 3. The van der Waals surface area contributed by atoms with Crippen molar-refractivity contribution in [2.45, 2.75) is 13.5 Å². The Morgan fingerprint density at radius 3 is 2.70 bits per heavy atom. The Kier molecular flexibility index (Phi) is 4.53. The number of ether oxygens (including phenoxy) is 2. The first-order valence-electron chi connectivity index (χ1n) is 11.6. The molecule has 4 heterocycles. The van der Waals surface area contributed by atoms with Crippen LogP contribution in [0.4, 0.5) is 5.69 Å². The number of nitrogens with two attached hydrogens (primary N) is 1. The molecule has 0 saturated carbocycles. The molecule has 7 rings (SSSR count). The highest BCUT2D eigenvalue weighted by Crippen LogP contribution is 2.44. The van der Waals surface area contributed by atoms with E-state index in [-0.39, 0.29) is 18.4 Å². The number of primary amides is 1. The molecule has 9 heteroatoms. The fraction of sp³-hybridized carbons (Fsp3) is 0.107. The second-order valence-corrected chi connectivity index (χ2v) is 9.59. The summed E-state index contributed by atoms with van der Waals surface area (Å²) in [4.78, 5) is 35.0. The molecule has 5 aromatic rings. The first kappa shape index (κ1) is 21.7. The third kappa shape index (κ3) is 3.12. The number of amides is 2. The fourth-order valence-electron chi connectivity index (χ4n) is 5.37. The average molecular weight is 511 g/mol. The Balaban J connectivity index is 1.44. The Morgan fingerprint density at radius 2 is 1.89 bits per heavy atom. The van der Waals surface area contributed by atoms with Gasteiger partial charge in [-0.25, -0.2) is 4.98 Å². The molecular formula is C28H19ClN4O4. The number of fused-ring (bicyclic) bond motifs is 5. The van der Waals surface area contributed by atoms with Gasteiger partial charge in [0.2, 0.25) is 6.79 Å². The number of carbonyl (C=O) groups is 2. The van der Waals surface area contributed by atoms with Crippen LogP contribution < -0.4 is 20.1 Å². The normalized spacial score (nSPS) is 14.1. The summed E-state index contributed by atoms with van der Waals surface area (Å²) in [6, 6.07) is 15.0. The van der Waals surface area contributed by atoms with Crippen LogP contribution in [0, 0.1) is 6.92 Å². The van der Waals surface area contributed by atoms with Crippen LogP contribution in [0.2, 0.25) is 5.02 Å². The summed E-state index contributed by atoms with van der Waals surface area (Å²) in [6.45, 7) is 2.59. The molecule has 0 bridgehead atoms. The third-order valence-corrected chi connectivity index (χ3v) is 7.35. The predicted molar refractivity (Wildman–Crippen MR) is 140 cm³/mol. The zero-order valence-electron chi connectivity index (χ0n) is 19.6. The van der Waals surface area contributed by atoms with Gasteiger partial charge in [0.1, 0.15) is 0 Å². The van der Waals surface area contributed by atoms with Crippen LogP contribution in [0.25, 0.3) is 32.9 Å². The van der Waals surface area contributed by atoms with Gasteiger partial charge in [0.15, 0.2) is 17.2 Å². The number of rotatable bonds is 3. The van der Waals surface area contributed by atoms with Gasteiger partial charge in [-0.3, -0.25) is 9.59 Å². The van der Waals surface area contributed by atoms with Crippen molar-refractivity contribution in [1.29, 1.82) is 0 Å². The quantitative estimate of drug-likeness (QED) is 0.340. The number of hydrogen-bond donors (Lipinski definition) is 2. The lowest BCUT2D eigenvalue weighted by Crippen LogP contribution is -2.24. The molecule has 0 atom stereocenters. The second kappa shape index (κ2) is 7.72. The molecule has 3 N–H and O–H groups in total. The van der Waals surface area contributed by atoms with E-state index in [9.17, 15) is 9.59 Å². The minimum atomic E-state index is -0.632. The van der Waals surface area contributed by atoms with Gasteiger partial charge in [-0.15, -0.1) is 0 Å². The summed E-state index contributed by atoms with van der Waals surface area (Å²) in [7, 11) is 0. The van der Waals surface area contributed by atoms with Gasteiger partial charge in [-0.1, -0.05) is 29.8 Å². The maximum Gasteiger partial charge on any atom is 0.269 e. The zero-order valence-corrected chi connectivity index (χ0v) is 20.3. The van der Waals surface area contributed by atoms with E-state index in [1.807, 2.05) is 43.3 Å². The largest absolute Gasteiger partial charge is 0.454 e. The van der Waals surface area contributed by atoms with E-state index < -0.39 is 5.91 Å². The van der Waals surface area contributed by atoms with Gasteiger partial charge in [0.25, 0.3) is 11.8 Å². The number of H-pyrrole nitrogens is 1. The molecule has 0 aliphatic carbocycles. The van der Waals surface area contributed by atoms with E-state index in [0.717, 1.165) is 44.2 Å². The molecule has 0 unspecified atom stereocenters. The molecule has 0 fully saturated rings. The highest BCUT2D eigenvalue weighted by Gasteiger charge is 2.30. The molecule has 0 spiro atoms. The SMILES string of the molecule is Cc1c(-c2cnc(C(N)=O)c3[nH]c4cc5c(cc4c23)OCO5)cccc1N1Cc2ccc(Cl)cc2C1=O. The summed E-state index contributed by atoms with van der Waals surface area (Å²) in [6.07, 6.45) is 1.66. The number of aromatic amines is 1. The topological polar surface area (TPSA) is 111 Å². The number of hydrogen-bond acceptors (Lipinski definition) is 5. The van der Waals surface area contributed by atoms with Crippen molar-refractivity contribution in [3.63, 3.8) is 0 Å². The molecule has 2 aliphatic heterocycles.